The highest BCUT2D eigenvalue weighted by atomic mass is 16.2. The third-order valence-electron chi connectivity index (χ3n) is 4.73. The van der Waals surface area contributed by atoms with Gasteiger partial charge in [0, 0.05) is 31.9 Å². The van der Waals surface area contributed by atoms with Crippen LogP contribution >= 0.6 is 0 Å². The quantitative estimate of drug-likeness (QED) is 0.913. The van der Waals surface area contributed by atoms with Gasteiger partial charge in [-0.25, -0.2) is 4.98 Å². The number of nitrogens with zero attached hydrogens (tertiary/aromatic N) is 5. The molecule has 136 valence electrons. The lowest BCUT2D eigenvalue weighted by molar-refractivity contribution is 0.0923. The Morgan fingerprint density at radius 3 is 2.73 bits per heavy atom. The van der Waals surface area contributed by atoms with Crippen molar-refractivity contribution < 1.29 is 4.79 Å². The number of hydrogen-bond donors (Lipinski definition) is 1. The first-order valence-corrected chi connectivity index (χ1v) is 8.84. The average molecular weight is 352 g/mol. The van der Waals surface area contributed by atoms with Gasteiger partial charge in [-0.15, -0.1) is 0 Å². The second kappa shape index (κ2) is 7.16. The van der Waals surface area contributed by atoms with Gasteiger partial charge in [0.25, 0.3) is 5.91 Å². The van der Waals surface area contributed by atoms with Crippen LogP contribution in [-0.2, 0) is 7.05 Å². The first-order chi connectivity index (χ1) is 12.4. The number of nitriles is 1. The van der Waals surface area contributed by atoms with Gasteiger partial charge in [0.1, 0.15) is 17.6 Å². The average Bonchev–Trinajstić information content (AvgIpc) is 2.93. The van der Waals surface area contributed by atoms with Crippen LogP contribution in [0.3, 0.4) is 0 Å². The van der Waals surface area contributed by atoms with Gasteiger partial charge in [0.2, 0.25) is 0 Å². The fraction of sp³-hybridized carbons (Fsp3) is 0.474. The van der Waals surface area contributed by atoms with Crippen molar-refractivity contribution in [3.8, 4) is 6.07 Å². The molecule has 7 heteroatoms. The van der Waals surface area contributed by atoms with Crippen LogP contribution in [0.2, 0.25) is 0 Å². The number of hydrogen-bond acceptors (Lipinski definition) is 5. The molecule has 1 aliphatic heterocycles. The Morgan fingerprint density at radius 2 is 2.08 bits per heavy atom. The molecule has 1 N–H and O–H groups in total. The second-order valence-corrected chi connectivity index (χ2v) is 6.94. The molecule has 3 rings (SSSR count). The minimum absolute atomic E-state index is 0.0145. The Bertz CT molecular complexity index is 879. The maximum atomic E-state index is 12.6. The standard InChI is InChI=1S/C19H24N6O/c1-12-8-13(2)21-18(16(12)10-20)25-7-5-6-15(11-25)22-19(26)17-9-14(3)23-24(17)4/h8-9,15H,5-7,11H2,1-4H3,(H,22,26). The van der Waals surface area contributed by atoms with Crippen molar-refractivity contribution in [2.45, 2.75) is 39.7 Å². The summed E-state index contributed by atoms with van der Waals surface area (Å²) in [6, 6.07) is 6.00. The van der Waals surface area contributed by atoms with Crippen molar-refractivity contribution in [3.63, 3.8) is 0 Å². The fourth-order valence-corrected chi connectivity index (χ4v) is 3.55. The monoisotopic (exact) mass is 352 g/mol. The molecule has 3 heterocycles. The molecular formula is C19H24N6O. The molecular weight excluding hydrogens is 328 g/mol. The van der Waals surface area contributed by atoms with Gasteiger partial charge >= 0.3 is 0 Å². The van der Waals surface area contributed by atoms with E-state index in [1.54, 1.807) is 17.8 Å². The summed E-state index contributed by atoms with van der Waals surface area (Å²) in [7, 11) is 1.77. The number of amides is 1. The van der Waals surface area contributed by atoms with Crippen LogP contribution in [0.5, 0.6) is 0 Å². The van der Waals surface area contributed by atoms with E-state index in [4.69, 9.17) is 0 Å². The number of nitrogens with one attached hydrogen (secondary N) is 1. The van der Waals surface area contributed by atoms with E-state index < -0.39 is 0 Å². The van der Waals surface area contributed by atoms with Crippen LogP contribution in [0.4, 0.5) is 5.82 Å². The molecule has 0 aliphatic carbocycles. The van der Waals surface area contributed by atoms with E-state index in [0.717, 1.165) is 42.2 Å². The van der Waals surface area contributed by atoms with Crippen LogP contribution in [0.15, 0.2) is 12.1 Å². The number of aryl methyl sites for hydroxylation is 4. The number of carbonyl (C=O) groups is 1. The van der Waals surface area contributed by atoms with Crippen molar-refractivity contribution in [1.82, 2.24) is 20.1 Å². The predicted octanol–water partition coefficient (Wildman–Crippen LogP) is 2.01. The van der Waals surface area contributed by atoms with E-state index >= 15 is 0 Å². The number of aromatic nitrogens is 3. The van der Waals surface area contributed by atoms with Gasteiger partial charge in [0.05, 0.1) is 11.3 Å². The Labute approximate surface area is 153 Å². The number of anilines is 1. The third kappa shape index (κ3) is 3.54. The summed E-state index contributed by atoms with van der Waals surface area (Å²) in [5.74, 6) is 0.606. The summed E-state index contributed by atoms with van der Waals surface area (Å²) in [5, 5.41) is 16.9. The zero-order valence-electron chi connectivity index (χ0n) is 15.7. The molecule has 1 saturated heterocycles. The maximum absolute atomic E-state index is 12.6. The molecule has 7 nitrogen and oxygen atoms in total. The smallest absolute Gasteiger partial charge is 0.269 e. The normalized spacial score (nSPS) is 17.0. The Hall–Kier alpha value is -2.88. The third-order valence-corrected chi connectivity index (χ3v) is 4.73. The lowest BCUT2D eigenvalue weighted by Crippen LogP contribution is -2.48. The molecule has 1 amide bonds. The predicted molar refractivity (Wildman–Crippen MR) is 99.1 cm³/mol. The Balaban J connectivity index is 1.77. The lowest BCUT2D eigenvalue weighted by atomic mass is 10.0. The van der Waals surface area contributed by atoms with E-state index in [0.29, 0.717) is 17.8 Å². The molecule has 1 unspecified atom stereocenters. The van der Waals surface area contributed by atoms with Gasteiger partial charge in [-0.2, -0.15) is 10.4 Å². The Kier molecular flexibility index (Phi) is 4.94. The van der Waals surface area contributed by atoms with Crippen molar-refractivity contribution in [2.75, 3.05) is 18.0 Å². The summed E-state index contributed by atoms with van der Waals surface area (Å²) in [6.07, 6.45) is 1.85. The molecule has 0 aromatic carbocycles. The lowest BCUT2D eigenvalue weighted by Gasteiger charge is -2.34. The topological polar surface area (TPSA) is 86.8 Å². The summed E-state index contributed by atoms with van der Waals surface area (Å²) in [6.45, 7) is 7.22. The summed E-state index contributed by atoms with van der Waals surface area (Å²) < 4.78 is 1.60. The van der Waals surface area contributed by atoms with Crippen molar-refractivity contribution in [3.05, 3.63) is 40.3 Å². The molecule has 2 aromatic heterocycles. The summed E-state index contributed by atoms with van der Waals surface area (Å²) >= 11 is 0. The molecule has 2 aromatic rings. The molecule has 0 radical (unpaired) electrons. The van der Waals surface area contributed by atoms with Crippen LogP contribution in [0.25, 0.3) is 0 Å². The van der Waals surface area contributed by atoms with E-state index in [9.17, 15) is 10.1 Å². The highest BCUT2D eigenvalue weighted by molar-refractivity contribution is 5.92. The van der Waals surface area contributed by atoms with Crippen molar-refractivity contribution in [2.24, 2.45) is 7.05 Å². The number of rotatable bonds is 3. The maximum Gasteiger partial charge on any atom is 0.269 e. The van der Waals surface area contributed by atoms with Crippen molar-refractivity contribution >= 4 is 11.7 Å². The van der Waals surface area contributed by atoms with Crippen LogP contribution < -0.4 is 10.2 Å². The zero-order valence-corrected chi connectivity index (χ0v) is 15.7. The van der Waals surface area contributed by atoms with Crippen LogP contribution in [0.1, 0.15) is 45.8 Å². The molecule has 1 aliphatic rings. The van der Waals surface area contributed by atoms with Crippen LogP contribution in [-0.4, -0.2) is 39.8 Å². The molecule has 1 fully saturated rings. The van der Waals surface area contributed by atoms with Crippen molar-refractivity contribution in [1.29, 1.82) is 5.26 Å². The first-order valence-electron chi connectivity index (χ1n) is 8.84. The highest BCUT2D eigenvalue weighted by Crippen LogP contribution is 2.25. The second-order valence-electron chi connectivity index (χ2n) is 6.94. The highest BCUT2D eigenvalue weighted by Gasteiger charge is 2.26. The van der Waals surface area contributed by atoms with Gasteiger partial charge in [-0.1, -0.05) is 0 Å². The van der Waals surface area contributed by atoms with E-state index in [1.807, 2.05) is 26.8 Å². The van der Waals surface area contributed by atoms with Gasteiger partial charge in [0.15, 0.2) is 0 Å². The number of carbonyl (C=O) groups excluding carboxylic acids is 1. The number of pyridine rings is 1. The molecule has 0 saturated carbocycles. The minimum Gasteiger partial charge on any atom is -0.353 e. The SMILES string of the molecule is Cc1cc(C)c(C#N)c(N2CCCC(NC(=O)c3cc(C)nn3C)C2)n1. The molecule has 26 heavy (non-hydrogen) atoms. The summed E-state index contributed by atoms with van der Waals surface area (Å²) in [5.41, 5.74) is 3.83. The van der Waals surface area contributed by atoms with E-state index in [-0.39, 0.29) is 11.9 Å². The van der Waals surface area contributed by atoms with Gasteiger partial charge < -0.3 is 10.2 Å². The van der Waals surface area contributed by atoms with Crippen LogP contribution in [0, 0.1) is 32.1 Å². The number of piperidine rings is 1. The van der Waals surface area contributed by atoms with E-state index in [2.05, 4.69) is 26.4 Å². The Morgan fingerprint density at radius 1 is 1.31 bits per heavy atom. The van der Waals surface area contributed by atoms with E-state index in [1.165, 1.54) is 0 Å². The molecule has 0 bridgehead atoms. The van der Waals surface area contributed by atoms with Gasteiger partial charge in [-0.3, -0.25) is 9.48 Å². The molecule has 0 spiro atoms. The first kappa shape index (κ1) is 17.9. The van der Waals surface area contributed by atoms with Gasteiger partial charge in [-0.05, 0) is 51.3 Å². The molecule has 1 atom stereocenters. The summed E-state index contributed by atoms with van der Waals surface area (Å²) in [4.78, 5) is 19.3. The fourth-order valence-electron chi connectivity index (χ4n) is 3.55. The zero-order chi connectivity index (χ0) is 18.8. The largest absolute Gasteiger partial charge is 0.353 e. The minimum atomic E-state index is -0.117.